The number of para-hydroxylation sites is 1. The lowest BCUT2D eigenvalue weighted by Crippen LogP contribution is -2.19. The van der Waals surface area contributed by atoms with Crippen molar-refractivity contribution in [1.29, 1.82) is 0 Å². The van der Waals surface area contributed by atoms with E-state index in [1.807, 2.05) is 24.3 Å². The molecule has 23 heavy (non-hydrogen) atoms. The molecule has 2 aromatic carbocycles. The maximum absolute atomic E-state index is 13.9. The summed E-state index contributed by atoms with van der Waals surface area (Å²) in [7, 11) is -3.87. The molecule has 2 aromatic rings. The summed E-state index contributed by atoms with van der Waals surface area (Å²) < 4.78 is 41.3. The van der Waals surface area contributed by atoms with Crippen molar-refractivity contribution in [3.63, 3.8) is 0 Å². The summed E-state index contributed by atoms with van der Waals surface area (Å²) in [5.74, 6) is -0.711. The molecule has 2 N–H and O–H groups in total. The number of allylic oxidation sites excluding steroid dienone is 1. The summed E-state index contributed by atoms with van der Waals surface area (Å²) in [6.07, 6.45) is 2.59. The highest BCUT2D eigenvalue weighted by molar-refractivity contribution is 7.96. The summed E-state index contributed by atoms with van der Waals surface area (Å²) in [5, 5.41) is 9.26. The second kappa shape index (κ2) is 6.14. The van der Waals surface area contributed by atoms with Crippen molar-refractivity contribution in [1.82, 2.24) is 0 Å². The number of rotatable bonds is 4. The zero-order valence-corrected chi connectivity index (χ0v) is 13.1. The fraction of sp³-hybridized carbons (Fsp3) is 0.176. The minimum Gasteiger partial charge on any atom is -0.392 e. The molecule has 1 aliphatic carbocycles. The van der Waals surface area contributed by atoms with Crippen LogP contribution in [0.25, 0.3) is 6.08 Å². The molecule has 1 aliphatic rings. The van der Waals surface area contributed by atoms with Crippen molar-refractivity contribution in [3.05, 3.63) is 69.9 Å². The maximum atomic E-state index is 13.9. The Morgan fingerprint density at radius 3 is 2.65 bits per heavy atom. The average molecular weight is 333 g/mol. The Morgan fingerprint density at radius 1 is 1.09 bits per heavy atom. The number of nitrogens with one attached hydrogen (secondary N) is 1. The molecule has 4 nitrogen and oxygen atoms in total. The van der Waals surface area contributed by atoms with Gasteiger partial charge in [0.25, 0.3) is 10.0 Å². The molecule has 3 rings (SSSR count). The molecular weight excluding hydrogens is 317 g/mol. The van der Waals surface area contributed by atoms with Crippen LogP contribution in [0, 0.1) is 5.82 Å². The SMILES string of the molecule is O=S(=O)(Nc1c(F)cccc1CO)C1=Cc2ccccc2CC1. The first-order valence-electron chi connectivity index (χ1n) is 7.21. The number of aryl methyl sites for hydroxylation is 1. The van der Waals surface area contributed by atoms with E-state index in [9.17, 15) is 17.9 Å². The third-order valence-electron chi connectivity index (χ3n) is 3.86. The van der Waals surface area contributed by atoms with Crippen LogP contribution in [-0.4, -0.2) is 13.5 Å². The first kappa shape index (κ1) is 15.7. The Labute approximate surface area is 134 Å². The first-order valence-corrected chi connectivity index (χ1v) is 8.69. The highest BCUT2D eigenvalue weighted by Crippen LogP contribution is 2.29. The van der Waals surface area contributed by atoms with Crippen molar-refractivity contribution < 1.29 is 17.9 Å². The van der Waals surface area contributed by atoms with E-state index in [-0.39, 0.29) is 16.2 Å². The van der Waals surface area contributed by atoms with Crippen LogP contribution in [0.3, 0.4) is 0 Å². The van der Waals surface area contributed by atoms with Crippen LogP contribution >= 0.6 is 0 Å². The number of fused-ring (bicyclic) bond motifs is 1. The molecule has 0 saturated heterocycles. The molecule has 0 bridgehead atoms. The Kier molecular flexibility index (Phi) is 4.19. The quantitative estimate of drug-likeness (QED) is 0.904. The van der Waals surface area contributed by atoms with E-state index in [4.69, 9.17) is 0 Å². The normalized spacial score (nSPS) is 14.1. The van der Waals surface area contributed by atoms with E-state index >= 15 is 0 Å². The average Bonchev–Trinajstić information content (AvgIpc) is 2.56. The van der Waals surface area contributed by atoms with Gasteiger partial charge in [0.15, 0.2) is 0 Å². The molecule has 0 fully saturated rings. The summed E-state index contributed by atoms with van der Waals surface area (Å²) in [5.41, 5.74) is 1.95. The Balaban J connectivity index is 1.97. The fourth-order valence-corrected chi connectivity index (χ4v) is 3.91. The van der Waals surface area contributed by atoms with Crippen molar-refractivity contribution in [2.75, 3.05) is 4.72 Å². The minimum atomic E-state index is -3.87. The van der Waals surface area contributed by atoms with Crippen molar-refractivity contribution in [2.24, 2.45) is 0 Å². The highest BCUT2D eigenvalue weighted by Gasteiger charge is 2.23. The highest BCUT2D eigenvalue weighted by atomic mass is 32.2. The number of benzene rings is 2. The van der Waals surface area contributed by atoms with Crippen LogP contribution in [0.2, 0.25) is 0 Å². The van der Waals surface area contributed by atoms with Crippen LogP contribution in [0.4, 0.5) is 10.1 Å². The first-order chi connectivity index (χ1) is 11.0. The van der Waals surface area contributed by atoms with Gasteiger partial charge < -0.3 is 5.11 Å². The number of aliphatic hydroxyl groups excluding tert-OH is 1. The summed E-state index contributed by atoms with van der Waals surface area (Å²) >= 11 is 0. The lowest BCUT2D eigenvalue weighted by Gasteiger charge is -2.18. The molecule has 0 saturated carbocycles. The number of hydrogen-bond donors (Lipinski definition) is 2. The van der Waals surface area contributed by atoms with Gasteiger partial charge in [-0.2, -0.15) is 0 Å². The fourth-order valence-electron chi connectivity index (χ4n) is 2.63. The lowest BCUT2D eigenvalue weighted by molar-refractivity contribution is 0.282. The number of hydrogen-bond acceptors (Lipinski definition) is 3. The van der Waals surface area contributed by atoms with Crippen molar-refractivity contribution in [3.8, 4) is 0 Å². The Bertz CT molecular complexity index is 875. The van der Waals surface area contributed by atoms with Gasteiger partial charge in [0.05, 0.1) is 17.2 Å². The van der Waals surface area contributed by atoms with E-state index in [1.54, 1.807) is 6.08 Å². The molecule has 0 aromatic heterocycles. The number of anilines is 1. The van der Waals surface area contributed by atoms with Crippen LogP contribution in [0.1, 0.15) is 23.1 Å². The van der Waals surface area contributed by atoms with Crippen LogP contribution in [0.5, 0.6) is 0 Å². The van der Waals surface area contributed by atoms with Crippen LogP contribution in [-0.2, 0) is 23.1 Å². The van der Waals surface area contributed by atoms with Gasteiger partial charge in [0.1, 0.15) is 5.82 Å². The second-order valence-corrected chi connectivity index (χ2v) is 7.08. The second-order valence-electron chi connectivity index (χ2n) is 5.35. The zero-order chi connectivity index (χ0) is 16.4. The third kappa shape index (κ3) is 3.13. The van der Waals surface area contributed by atoms with Crippen molar-refractivity contribution in [2.45, 2.75) is 19.4 Å². The molecule has 0 unspecified atom stereocenters. The van der Waals surface area contributed by atoms with E-state index in [1.165, 1.54) is 12.1 Å². The molecule has 0 aliphatic heterocycles. The predicted molar refractivity (Wildman–Crippen MR) is 87.6 cm³/mol. The Hall–Kier alpha value is -2.18. The molecule has 0 radical (unpaired) electrons. The number of halogens is 1. The molecule has 6 heteroatoms. The largest absolute Gasteiger partial charge is 0.392 e. The topological polar surface area (TPSA) is 66.4 Å². The van der Waals surface area contributed by atoms with Gasteiger partial charge in [-0.25, -0.2) is 12.8 Å². The van der Waals surface area contributed by atoms with Gasteiger partial charge in [-0.1, -0.05) is 36.4 Å². The van der Waals surface area contributed by atoms with Crippen LogP contribution < -0.4 is 4.72 Å². The number of sulfonamides is 1. The third-order valence-corrected chi connectivity index (χ3v) is 5.35. The van der Waals surface area contributed by atoms with Gasteiger partial charge >= 0.3 is 0 Å². The van der Waals surface area contributed by atoms with E-state index in [0.717, 1.165) is 17.2 Å². The lowest BCUT2D eigenvalue weighted by atomic mass is 9.98. The molecule has 0 spiro atoms. The van der Waals surface area contributed by atoms with Gasteiger partial charge in [-0.15, -0.1) is 0 Å². The summed E-state index contributed by atoms with van der Waals surface area (Å²) in [4.78, 5) is 0.211. The molecule has 120 valence electrons. The molecular formula is C17H16FNO3S. The van der Waals surface area contributed by atoms with Gasteiger partial charge in [-0.3, -0.25) is 4.72 Å². The van der Waals surface area contributed by atoms with Crippen LogP contribution in [0.15, 0.2) is 47.4 Å². The maximum Gasteiger partial charge on any atom is 0.258 e. The van der Waals surface area contributed by atoms with Gasteiger partial charge in [-0.05, 0) is 36.1 Å². The predicted octanol–water partition coefficient (Wildman–Crippen LogP) is 3.05. The summed E-state index contributed by atoms with van der Waals surface area (Å²) in [6.45, 7) is -0.447. The minimum absolute atomic E-state index is 0.199. The molecule has 0 atom stereocenters. The molecule has 0 heterocycles. The van der Waals surface area contributed by atoms with E-state index in [0.29, 0.717) is 12.8 Å². The van der Waals surface area contributed by atoms with E-state index < -0.39 is 22.4 Å². The zero-order valence-electron chi connectivity index (χ0n) is 12.3. The summed E-state index contributed by atoms with van der Waals surface area (Å²) in [6, 6.07) is 11.6. The van der Waals surface area contributed by atoms with Gasteiger partial charge in [0.2, 0.25) is 0 Å². The Morgan fingerprint density at radius 2 is 1.87 bits per heavy atom. The molecule has 0 amide bonds. The smallest absolute Gasteiger partial charge is 0.258 e. The van der Waals surface area contributed by atoms with Gasteiger partial charge in [0, 0.05) is 5.56 Å². The number of aliphatic hydroxyl groups is 1. The van der Waals surface area contributed by atoms with Crippen molar-refractivity contribution >= 4 is 21.8 Å². The monoisotopic (exact) mass is 333 g/mol. The standard InChI is InChI=1S/C17H16FNO3S/c18-16-7-3-6-14(11-20)17(16)19-23(21,22)15-9-8-12-4-1-2-5-13(12)10-15/h1-7,10,19-20H,8-9,11H2. The van der Waals surface area contributed by atoms with E-state index in [2.05, 4.69) is 4.72 Å².